The van der Waals surface area contributed by atoms with Crippen molar-refractivity contribution in [3.05, 3.63) is 54.7 Å². The van der Waals surface area contributed by atoms with Crippen LogP contribution in [0.25, 0.3) is 11.3 Å². The van der Waals surface area contributed by atoms with Gasteiger partial charge in [-0.05, 0) is 24.5 Å². The average Bonchev–Trinajstić information content (AvgIpc) is 2.65. The highest BCUT2D eigenvalue weighted by molar-refractivity contribution is 6.38. The highest BCUT2D eigenvalue weighted by atomic mass is 35.5. The predicted molar refractivity (Wildman–Crippen MR) is 106 cm³/mol. The Hall–Kier alpha value is -2.71. The molecule has 10 heteroatoms. The molecule has 0 unspecified atom stereocenters. The van der Waals surface area contributed by atoms with Crippen LogP contribution in [0.1, 0.15) is 20.3 Å². The third-order valence-electron chi connectivity index (χ3n) is 4.31. The largest absolute Gasteiger partial charge is 0.436 e. The topological polar surface area (TPSA) is 117 Å². The highest BCUT2D eigenvalue weighted by Gasteiger charge is 2.22. The zero-order chi connectivity index (χ0) is 20.4. The molecule has 146 valence electrons. The van der Waals surface area contributed by atoms with Gasteiger partial charge in [0, 0.05) is 17.2 Å². The minimum absolute atomic E-state index is 0.00446. The molecule has 28 heavy (non-hydrogen) atoms. The molecule has 0 bridgehead atoms. The molecule has 0 amide bonds. The smallest absolute Gasteiger partial charge is 0.342 e. The Morgan fingerprint density at radius 2 is 1.89 bits per heavy atom. The third kappa shape index (κ3) is 4.07. The molecule has 0 fully saturated rings. The predicted octanol–water partition coefficient (Wildman–Crippen LogP) is 2.76. The van der Waals surface area contributed by atoms with Crippen LogP contribution in [0.2, 0.25) is 10.0 Å². The van der Waals surface area contributed by atoms with Gasteiger partial charge in [0.25, 0.3) is 5.56 Å². The van der Waals surface area contributed by atoms with Crippen molar-refractivity contribution in [3.63, 3.8) is 0 Å². The first-order valence-corrected chi connectivity index (χ1v) is 9.21. The van der Waals surface area contributed by atoms with Gasteiger partial charge in [-0.3, -0.25) is 14.6 Å². The first-order chi connectivity index (χ1) is 13.3. The summed E-state index contributed by atoms with van der Waals surface area (Å²) in [7, 11) is 0. The number of dihydropyridines is 1. The maximum absolute atomic E-state index is 12.0. The number of nitrogens with zero attached hydrogens (tertiary/aromatic N) is 2. The summed E-state index contributed by atoms with van der Waals surface area (Å²) in [4.78, 5) is 41.2. The summed E-state index contributed by atoms with van der Waals surface area (Å²) >= 11 is 12.6. The average molecular weight is 423 g/mol. The molecule has 2 N–H and O–H groups in total. The molecule has 8 nitrogen and oxygen atoms in total. The van der Waals surface area contributed by atoms with E-state index in [2.05, 4.69) is 20.2 Å². The van der Waals surface area contributed by atoms with E-state index in [4.69, 9.17) is 27.9 Å². The molecule has 1 atom stereocenters. The lowest BCUT2D eigenvalue weighted by Crippen LogP contribution is -2.25. The van der Waals surface area contributed by atoms with Gasteiger partial charge in [-0.1, -0.05) is 37.0 Å². The van der Waals surface area contributed by atoms with E-state index in [0.717, 1.165) is 6.42 Å². The molecule has 1 aliphatic heterocycles. The number of benzene rings is 1. The second-order valence-corrected chi connectivity index (χ2v) is 7.03. The molecule has 0 spiro atoms. The number of halogens is 2. The van der Waals surface area contributed by atoms with Crippen LogP contribution in [0.5, 0.6) is 5.75 Å². The molecular weight excluding hydrogens is 407 g/mol. The monoisotopic (exact) mass is 422 g/mol. The van der Waals surface area contributed by atoms with E-state index in [1.165, 1.54) is 12.1 Å². The van der Waals surface area contributed by atoms with Gasteiger partial charge in [0.1, 0.15) is 6.54 Å². The molecule has 0 saturated carbocycles. The van der Waals surface area contributed by atoms with Gasteiger partial charge >= 0.3 is 5.69 Å². The molecule has 1 aromatic heterocycles. The van der Waals surface area contributed by atoms with Crippen molar-refractivity contribution in [3.8, 4) is 17.0 Å². The van der Waals surface area contributed by atoms with E-state index in [-0.39, 0.29) is 45.6 Å². The van der Waals surface area contributed by atoms with Gasteiger partial charge in [0.2, 0.25) is 5.90 Å². The lowest BCUT2D eigenvalue weighted by molar-refractivity contribution is -0.114. The van der Waals surface area contributed by atoms with Crippen LogP contribution in [0, 0.1) is 5.92 Å². The number of hydrogen-bond donors (Lipinski definition) is 2. The number of H-pyrrole nitrogens is 2. The number of aromatic amines is 2. The van der Waals surface area contributed by atoms with Gasteiger partial charge in [-0.15, -0.1) is 0 Å². The molecule has 0 radical (unpaired) electrons. The van der Waals surface area contributed by atoms with Crippen molar-refractivity contribution in [1.82, 2.24) is 15.2 Å². The Morgan fingerprint density at radius 3 is 2.50 bits per heavy atom. The Kier molecular flexibility index (Phi) is 5.81. The zero-order valence-electron chi connectivity index (χ0n) is 15.0. The third-order valence-corrected chi connectivity index (χ3v) is 4.87. The molecule has 1 aromatic carbocycles. The van der Waals surface area contributed by atoms with Crippen LogP contribution in [0.15, 0.2) is 38.4 Å². The van der Waals surface area contributed by atoms with Crippen molar-refractivity contribution in [2.24, 2.45) is 10.9 Å². The zero-order valence-corrected chi connectivity index (χ0v) is 16.5. The maximum atomic E-state index is 12.0. The lowest BCUT2D eigenvalue weighted by atomic mass is 9.93. The molecule has 2 heterocycles. The summed E-state index contributed by atoms with van der Waals surface area (Å²) in [6.07, 6.45) is 2.40. The van der Waals surface area contributed by atoms with Crippen LogP contribution in [-0.4, -0.2) is 33.4 Å². The number of carbonyl (C=O) groups excluding carboxylic acids is 1. The Morgan fingerprint density at radius 1 is 1.21 bits per heavy atom. The SMILES string of the molecule is CC[C@@H](C)C1=CC(Oc2c(Cl)cc(-c3n[nH]c(=O)[nH]c3=O)cc2Cl)=NCC1=O. The summed E-state index contributed by atoms with van der Waals surface area (Å²) in [6, 6.07) is 2.87. The molecule has 2 aromatic rings. The molecular formula is C18H16Cl2N4O4. The quantitative estimate of drug-likeness (QED) is 0.784. The summed E-state index contributed by atoms with van der Waals surface area (Å²) in [5, 5.41) is 6.10. The number of rotatable bonds is 4. The molecule has 1 aliphatic rings. The van der Waals surface area contributed by atoms with Gasteiger partial charge in [0.05, 0.1) is 10.0 Å². The minimum atomic E-state index is -0.723. The van der Waals surface area contributed by atoms with Gasteiger partial charge in [-0.25, -0.2) is 14.9 Å². The van der Waals surface area contributed by atoms with Crippen molar-refractivity contribution >= 4 is 34.9 Å². The number of ketones is 1. The first-order valence-electron chi connectivity index (χ1n) is 8.45. The van der Waals surface area contributed by atoms with Crippen LogP contribution >= 0.6 is 23.2 Å². The number of ether oxygens (including phenoxy) is 1. The van der Waals surface area contributed by atoms with Crippen molar-refractivity contribution in [1.29, 1.82) is 0 Å². The second kappa shape index (κ2) is 8.12. The Balaban J connectivity index is 1.94. The first kappa shape index (κ1) is 20.0. The fraction of sp³-hybridized carbons (Fsp3) is 0.278. The standard InChI is InChI=1S/C18H16Cl2N4O4/c1-3-8(2)10-6-14(21-7-13(10)25)28-16-11(19)4-9(5-12(16)20)15-17(26)22-18(27)24-23-15/h4-6,8H,3,7H2,1-2H3,(H2,22,24,26,27)/t8-/m1/s1. The van der Waals surface area contributed by atoms with E-state index in [1.54, 1.807) is 6.08 Å². The van der Waals surface area contributed by atoms with E-state index in [0.29, 0.717) is 11.1 Å². The van der Waals surface area contributed by atoms with Crippen LogP contribution in [-0.2, 0) is 4.79 Å². The van der Waals surface area contributed by atoms with Gasteiger partial charge in [-0.2, -0.15) is 5.10 Å². The number of aliphatic imine (C=N–C) groups is 1. The molecule has 3 rings (SSSR count). The van der Waals surface area contributed by atoms with Crippen LogP contribution in [0.3, 0.4) is 0 Å². The van der Waals surface area contributed by atoms with Crippen molar-refractivity contribution in [2.45, 2.75) is 20.3 Å². The summed E-state index contributed by atoms with van der Waals surface area (Å²) < 4.78 is 5.72. The van der Waals surface area contributed by atoms with E-state index < -0.39 is 11.2 Å². The van der Waals surface area contributed by atoms with Crippen LogP contribution in [0.4, 0.5) is 0 Å². The number of nitrogens with one attached hydrogen (secondary N) is 2. The van der Waals surface area contributed by atoms with Gasteiger partial charge in [0.15, 0.2) is 17.2 Å². The number of Topliss-reactive ketones (excluding diaryl/α,β-unsaturated/α-hetero) is 1. The normalized spacial score (nSPS) is 15.1. The van der Waals surface area contributed by atoms with Gasteiger partial charge < -0.3 is 4.74 Å². The molecule has 0 aliphatic carbocycles. The van der Waals surface area contributed by atoms with Crippen molar-refractivity contribution < 1.29 is 9.53 Å². The summed E-state index contributed by atoms with van der Waals surface area (Å²) in [5.74, 6) is 0.401. The number of aromatic nitrogens is 3. The Bertz CT molecular complexity index is 1090. The second-order valence-electron chi connectivity index (χ2n) is 6.21. The summed E-state index contributed by atoms with van der Waals surface area (Å²) in [6.45, 7) is 3.94. The number of carbonyl (C=O) groups is 1. The maximum Gasteiger partial charge on any atom is 0.342 e. The Labute approximate surface area is 169 Å². The van der Waals surface area contributed by atoms with E-state index in [9.17, 15) is 14.4 Å². The van der Waals surface area contributed by atoms with E-state index in [1.807, 2.05) is 13.8 Å². The summed E-state index contributed by atoms with van der Waals surface area (Å²) in [5.41, 5.74) is -0.508. The van der Waals surface area contributed by atoms with Crippen LogP contribution < -0.4 is 16.0 Å². The van der Waals surface area contributed by atoms with Crippen molar-refractivity contribution in [2.75, 3.05) is 6.54 Å². The highest BCUT2D eigenvalue weighted by Crippen LogP contribution is 2.37. The minimum Gasteiger partial charge on any atom is -0.436 e. The fourth-order valence-corrected chi connectivity index (χ4v) is 3.21. The fourth-order valence-electron chi connectivity index (χ4n) is 2.64. The lowest BCUT2D eigenvalue weighted by Gasteiger charge is -2.18. The molecule has 0 saturated heterocycles. The number of hydrogen-bond acceptors (Lipinski definition) is 6. The van der Waals surface area contributed by atoms with E-state index >= 15 is 0 Å².